The van der Waals surface area contributed by atoms with E-state index in [1.54, 1.807) is 7.11 Å². The SMILES string of the molecule is COc1ccc(Nc2cc(Cl)c(N)cc2C)cc1. The maximum Gasteiger partial charge on any atom is 0.119 e. The molecule has 0 unspecified atom stereocenters. The highest BCUT2D eigenvalue weighted by Crippen LogP contribution is 2.29. The molecule has 0 aliphatic rings. The van der Waals surface area contributed by atoms with Gasteiger partial charge >= 0.3 is 0 Å². The minimum Gasteiger partial charge on any atom is -0.497 e. The molecule has 0 aliphatic heterocycles. The zero-order chi connectivity index (χ0) is 13.1. The third-order valence-electron chi connectivity index (χ3n) is 2.71. The van der Waals surface area contributed by atoms with Crippen molar-refractivity contribution in [1.82, 2.24) is 0 Å². The van der Waals surface area contributed by atoms with Gasteiger partial charge < -0.3 is 15.8 Å². The van der Waals surface area contributed by atoms with E-state index in [1.165, 1.54) is 0 Å². The molecule has 3 nitrogen and oxygen atoms in total. The van der Waals surface area contributed by atoms with Gasteiger partial charge in [0.25, 0.3) is 0 Å². The monoisotopic (exact) mass is 262 g/mol. The highest BCUT2D eigenvalue weighted by Gasteiger charge is 2.04. The average molecular weight is 263 g/mol. The van der Waals surface area contributed by atoms with Crippen molar-refractivity contribution in [2.45, 2.75) is 6.92 Å². The summed E-state index contributed by atoms with van der Waals surface area (Å²) in [6.07, 6.45) is 0. The van der Waals surface area contributed by atoms with Crippen molar-refractivity contribution in [2.24, 2.45) is 0 Å². The Kier molecular flexibility index (Phi) is 3.63. The summed E-state index contributed by atoms with van der Waals surface area (Å²) in [4.78, 5) is 0. The molecular weight excluding hydrogens is 248 g/mol. The largest absolute Gasteiger partial charge is 0.497 e. The van der Waals surface area contributed by atoms with Crippen molar-refractivity contribution < 1.29 is 4.74 Å². The molecule has 0 fully saturated rings. The molecule has 0 bridgehead atoms. The van der Waals surface area contributed by atoms with Gasteiger partial charge in [-0.2, -0.15) is 0 Å². The van der Waals surface area contributed by atoms with Crippen molar-refractivity contribution in [2.75, 3.05) is 18.2 Å². The highest BCUT2D eigenvalue weighted by molar-refractivity contribution is 6.33. The molecule has 2 rings (SSSR count). The van der Waals surface area contributed by atoms with Gasteiger partial charge in [0.2, 0.25) is 0 Å². The number of anilines is 3. The van der Waals surface area contributed by atoms with E-state index in [9.17, 15) is 0 Å². The van der Waals surface area contributed by atoms with E-state index in [1.807, 2.05) is 43.3 Å². The molecule has 0 saturated heterocycles. The van der Waals surface area contributed by atoms with Crippen LogP contribution in [0.2, 0.25) is 5.02 Å². The second-order valence-corrected chi connectivity index (χ2v) is 4.45. The van der Waals surface area contributed by atoms with Crippen molar-refractivity contribution in [3.8, 4) is 5.75 Å². The topological polar surface area (TPSA) is 47.3 Å². The number of nitrogen functional groups attached to an aromatic ring is 1. The zero-order valence-electron chi connectivity index (χ0n) is 10.3. The van der Waals surface area contributed by atoms with Crippen LogP contribution in [0.1, 0.15) is 5.56 Å². The number of hydrogen-bond donors (Lipinski definition) is 2. The Hall–Kier alpha value is -1.87. The van der Waals surface area contributed by atoms with Crippen molar-refractivity contribution >= 4 is 28.7 Å². The summed E-state index contributed by atoms with van der Waals surface area (Å²) in [7, 11) is 1.65. The second-order valence-electron chi connectivity index (χ2n) is 4.04. The Labute approximate surface area is 112 Å². The number of aryl methyl sites for hydroxylation is 1. The van der Waals surface area contributed by atoms with E-state index >= 15 is 0 Å². The summed E-state index contributed by atoms with van der Waals surface area (Å²) in [6.45, 7) is 1.98. The molecule has 2 aromatic carbocycles. The number of nitrogens with one attached hydrogen (secondary N) is 1. The van der Waals surface area contributed by atoms with Crippen LogP contribution in [0, 0.1) is 6.92 Å². The van der Waals surface area contributed by atoms with E-state index in [4.69, 9.17) is 22.1 Å². The number of benzene rings is 2. The lowest BCUT2D eigenvalue weighted by Crippen LogP contribution is -1.96. The summed E-state index contributed by atoms with van der Waals surface area (Å²) in [5.74, 6) is 0.826. The van der Waals surface area contributed by atoms with Crippen LogP contribution in [0.4, 0.5) is 17.1 Å². The molecule has 0 radical (unpaired) electrons. The van der Waals surface area contributed by atoms with Gasteiger partial charge in [0.1, 0.15) is 5.75 Å². The van der Waals surface area contributed by atoms with Gasteiger partial charge in [-0.3, -0.25) is 0 Å². The van der Waals surface area contributed by atoms with Gasteiger partial charge in [0.05, 0.1) is 17.8 Å². The van der Waals surface area contributed by atoms with Crippen LogP contribution in [0.3, 0.4) is 0 Å². The quantitative estimate of drug-likeness (QED) is 0.823. The standard InChI is InChI=1S/C14H15ClN2O/c1-9-7-13(16)12(15)8-14(9)17-10-3-5-11(18-2)6-4-10/h3-8,17H,16H2,1-2H3. The predicted molar refractivity (Wildman–Crippen MR) is 76.9 cm³/mol. The van der Waals surface area contributed by atoms with E-state index in [0.29, 0.717) is 10.7 Å². The van der Waals surface area contributed by atoms with Gasteiger partial charge in [0, 0.05) is 11.4 Å². The molecule has 0 amide bonds. The van der Waals surface area contributed by atoms with Gasteiger partial charge in [0.15, 0.2) is 0 Å². The second kappa shape index (κ2) is 5.19. The van der Waals surface area contributed by atoms with Crippen LogP contribution in [0.25, 0.3) is 0 Å². The Balaban J connectivity index is 2.25. The number of rotatable bonds is 3. The van der Waals surface area contributed by atoms with Crippen LogP contribution in [-0.2, 0) is 0 Å². The van der Waals surface area contributed by atoms with Crippen LogP contribution in [0.15, 0.2) is 36.4 Å². The summed E-state index contributed by atoms with van der Waals surface area (Å²) in [5, 5.41) is 3.85. The first kappa shape index (κ1) is 12.6. The van der Waals surface area contributed by atoms with Crippen molar-refractivity contribution in [3.63, 3.8) is 0 Å². The first-order valence-corrected chi connectivity index (χ1v) is 5.94. The molecule has 0 saturated carbocycles. The molecule has 0 aromatic heterocycles. The Bertz CT molecular complexity index is 552. The Morgan fingerprint density at radius 3 is 2.44 bits per heavy atom. The molecule has 0 atom stereocenters. The molecular formula is C14H15ClN2O. The summed E-state index contributed by atoms with van der Waals surface area (Å²) < 4.78 is 5.11. The molecule has 18 heavy (non-hydrogen) atoms. The number of ether oxygens (including phenoxy) is 1. The maximum absolute atomic E-state index is 6.01. The molecule has 0 spiro atoms. The predicted octanol–water partition coefficient (Wildman–Crippen LogP) is 3.98. The van der Waals surface area contributed by atoms with Crippen LogP contribution in [0.5, 0.6) is 5.75 Å². The van der Waals surface area contributed by atoms with E-state index in [-0.39, 0.29) is 0 Å². The minimum atomic E-state index is 0.552. The summed E-state index contributed by atoms with van der Waals surface area (Å²) >= 11 is 6.01. The first-order chi connectivity index (χ1) is 8.60. The fourth-order valence-corrected chi connectivity index (χ4v) is 1.83. The first-order valence-electron chi connectivity index (χ1n) is 5.57. The molecule has 0 heterocycles. The molecule has 94 valence electrons. The normalized spacial score (nSPS) is 10.2. The van der Waals surface area contributed by atoms with Crippen LogP contribution in [-0.4, -0.2) is 7.11 Å². The van der Waals surface area contributed by atoms with E-state index in [2.05, 4.69) is 5.32 Å². The lowest BCUT2D eigenvalue weighted by molar-refractivity contribution is 0.415. The van der Waals surface area contributed by atoms with Crippen molar-refractivity contribution in [3.05, 3.63) is 47.0 Å². The van der Waals surface area contributed by atoms with Crippen LogP contribution < -0.4 is 15.8 Å². The Morgan fingerprint density at radius 2 is 1.83 bits per heavy atom. The van der Waals surface area contributed by atoms with E-state index < -0.39 is 0 Å². The molecule has 0 aliphatic carbocycles. The maximum atomic E-state index is 6.01. The molecule has 4 heteroatoms. The number of methoxy groups -OCH3 is 1. The lowest BCUT2D eigenvalue weighted by Gasteiger charge is -2.12. The summed E-state index contributed by atoms with van der Waals surface area (Å²) in [5.41, 5.74) is 9.30. The average Bonchev–Trinajstić information content (AvgIpc) is 2.37. The number of nitrogens with two attached hydrogens (primary N) is 1. The highest BCUT2D eigenvalue weighted by atomic mass is 35.5. The number of hydrogen-bond acceptors (Lipinski definition) is 3. The van der Waals surface area contributed by atoms with E-state index in [0.717, 1.165) is 22.7 Å². The van der Waals surface area contributed by atoms with Crippen molar-refractivity contribution in [1.29, 1.82) is 0 Å². The minimum absolute atomic E-state index is 0.552. The third kappa shape index (κ3) is 2.68. The van der Waals surface area contributed by atoms with Gasteiger partial charge in [-0.1, -0.05) is 11.6 Å². The van der Waals surface area contributed by atoms with Crippen LogP contribution >= 0.6 is 11.6 Å². The van der Waals surface area contributed by atoms with Gasteiger partial charge in [-0.25, -0.2) is 0 Å². The Morgan fingerprint density at radius 1 is 1.17 bits per heavy atom. The zero-order valence-corrected chi connectivity index (χ0v) is 11.1. The molecule has 3 N–H and O–H groups in total. The lowest BCUT2D eigenvalue weighted by atomic mass is 10.1. The summed E-state index contributed by atoms with van der Waals surface area (Å²) in [6, 6.07) is 11.4. The molecule has 2 aromatic rings. The van der Waals surface area contributed by atoms with Gasteiger partial charge in [-0.15, -0.1) is 0 Å². The van der Waals surface area contributed by atoms with Gasteiger partial charge in [-0.05, 0) is 48.9 Å². The fourth-order valence-electron chi connectivity index (χ4n) is 1.67. The third-order valence-corrected chi connectivity index (χ3v) is 3.04. The fraction of sp³-hybridized carbons (Fsp3) is 0.143. The number of halogens is 1. The smallest absolute Gasteiger partial charge is 0.119 e.